The van der Waals surface area contributed by atoms with Crippen molar-refractivity contribution in [3.8, 4) is 5.69 Å². The van der Waals surface area contributed by atoms with Gasteiger partial charge >= 0.3 is 0 Å². The van der Waals surface area contributed by atoms with E-state index in [1.54, 1.807) is 0 Å². The van der Waals surface area contributed by atoms with Crippen molar-refractivity contribution >= 4 is 28.5 Å². The van der Waals surface area contributed by atoms with Crippen LogP contribution >= 0.6 is 0 Å². The maximum absolute atomic E-state index is 4.88. The van der Waals surface area contributed by atoms with E-state index in [4.69, 9.17) is 9.97 Å². The fraction of sp³-hybridized carbons (Fsp3) is 0.292. The van der Waals surface area contributed by atoms with Crippen molar-refractivity contribution in [2.24, 2.45) is 0 Å². The first-order valence-electron chi connectivity index (χ1n) is 10.4. The predicted octanol–water partition coefficient (Wildman–Crippen LogP) is 5.41. The summed E-state index contributed by atoms with van der Waals surface area (Å²) in [7, 11) is 2.04. The van der Waals surface area contributed by atoms with Crippen molar-refractivity contribution in [3.63, 3.8) is 0 Å². The normalized spacial score (nSPS) is 11.1. The quantitative estimate of drug-likeness (QED) is 0.449. The molecule has 0 bridgehead atoms. The monoisotopic (exact) mass is 400 g/mol. The van der Waals surface area contributed by atoms with E-state index in [1.165, 1.54) is 11.1 Å². The molecule has 4 aromatic rings. The Morgan fingerprint density at radius 3 is 2.43 bits per heavy atom. The molecule has 2 aromatic carbocycles. The highest BCUT2D eigenvalue weighted by Gasteiger charge is 2.16. The second kappa shape index (κ2) is 8.53. The second-order valence-electron chi connectivity index (χ2n) is 7.78. The van der Waals surface area contributed by atoms with Gasteiger partial charge < -0.3 is 10.2 Å². The molecule has 0 aliphatic rings. The predicted molar refractivity (Wildman–Crippen MR) is 124 cm³/mol. The van der Waals surface area contributed by atoms with Gasteiger partial charge in [0.05, 0.1) is 17.3 Å². The van der Waals surface area contributed by atoms with Crippen LogP contribution in [-0.2, 0) is 0 Å². The van der Waals surface area contributed by atoms with Crippen LogP contribution in [0.1, 0.15) is 30.9 Å². The standard InChI is InChI=1S/C24H28N6/c1-5-6-12-29(4)24-27-22(26-19-14-17(2)13-18(3)15-19)21-16-25-30(23(21)28-24)20-10-8-7-9-11-20/h7-11,13-16H,5-6,12H2,1-4H3,(H,26,27,28). The number of anilines is 3. The van der Waals surface area contributed by atoms with Crippen LogP contribution < -0.4 is 10.2 Å². The average molecular weight is 401 g/mol. The lowest BCUT2D eigenvalue weighted by atomic mass is 10.1. The summed E-state index contributed by atoms with van der Waals surface area (Å²) in [5.41, 5.74) is 5.21. The number of aromatic nitrogens is 4. The summed E-state index contributed by atoms with van der Waals surface area (Å²) in [5, 5.41) is 9.03. The number of nitrogens with zero attached hydrogens (tertiary/aromatic N) is 5. The summed E-state index contributed by atoms with van der Waals surface area (Å²) >= 11 is 0. The van der Waals surface area contributed by atoms with Gasteiger partial charge in [0.15, 0.2) is 5.65 Å². The number of fused-ring (bicyclic) bond motifs is 1. The molecule has 0 aliphatic heterocycles. The molecule has 6 nitrogen and oxygen atoms in total. The van der Waals surface area contributed by atoms with Gasteiger partial charge in [0.25, 0.3) is 0 Å². The van der Waals surface area contributed by atoms with E-state index in [1.807, 2.05) is 48.3 Å². The Balaban J connectivity index is 1.84. The minimum Gasteiger partial charge on any atom is -0.344 e. The zero-order chi connectivity index (χ0) is 21.1. The lowest BCUT2D eigenvalue weighted by molar-refractivity contribution is 0.750. The smallest absolute Gasteiger partial charge is 0.229 e. The lowest BCUT2D eigenvalue weighted by Crippen LogP contribution is -2.21. The van der Waals surface area contributed by atoms with Crippen molar-refractivity contribution in [2.75, 3.05) is 23.8 Å². The molecule has 0 unspecified atom stereocenters. The summed E-state index contributed by atoms with van der Waals surface area (Å²) in [4.78, 5) is 11.9. The molecule has 0 atom stereocenters. The second-order valence-corrected chi connectivity index (χ2v) is 7.78. The third kappa shape index (κ3) is 4.13. The highest BCUT2D eigenvalue weighted by atomic mass is 15.3. The molecule has 2 aromatic heterocycles. The van der Waals surface area contributed by atoms with E-state index < -0.39 is 0 Å². The number of hydrogen-bond acceptors (Lipinski definition) is 5. The van der Waals surface area contributed by atoms with Crippen LogP contribution in [0.15, 0.2) is 54.7 Å². The largest absolute Gasteiger partial charge is 0.344 e. The van der Waals surface area contributed by atoms with Gasteiger partial charge in [0, 0.05) is 19.3 Å². The van der Waals surface area contributed by atoms with Crippen LogP contribution in [-0.4, -0.2) is 33.3 Å². The molecule has 30 heavy (non-hydrogen) atoms. The zero-order valence-electron chi connectivity index (χ0n) is 18.1. The molecule has 4 rings (SSSR count). The Hall–Kier alpha value is -3.41. The highest BCUT2D eigenvalue weighted by Crippen LogP contribution is 2.28. The Bertz CT molecular complexity index is 1130. The van der Waals surface area contributed by atoms with Crippen molar-refractivity contribution in [1.82, 2.24) is 19.7 Å². The molecule has 6 heteroatoms. The SMILES string of the molecule is CCCCN(C)c1nc(Nc2cc(C)cc(C)c2)c2cnn(-c3ccccc3)c2n1. The van der Waals surface area contributed by atoms with Crippen LogP contribution in [0.5, 0.6) is 0 Å². The number of rotatable bonds is 7. The number of aryl methyl sites for hydroxylation is 2. The van der Waals surface area contributed by atoms with Crippen LogP contribution in [0.3, 0.4) is 0 Å². The molecule has 1 N–H and O–H groups in total. The number of para-hydroxylation sites is 1. The van der Waals surface area contributed by atoms with Crippen LogP contribution in [0, 0.1) is 13.8 Å². The molecule has 0 aliphatic carbocycles. The Morgan fingerprint density at radius 1 is 1.00 bits per heavy atom. The summed E-state index contributed by atoms with van der Waals surface area (Å²) in [6.07, 6.45) is 4.06. The van der Waals surface area contributed by atoms with E-state index >= 15 is 0 Å². The van der Waals surface area contributed by atoms with E-state index in [-0.39, 0.29) is 0 Å². The molecule has 0 radical (unpaired) electrons. The Kier molecular flexibility index (Phi) is 5.65. The summed E-state index contributed by atoms with van der Waals surface area (Å²) in [6.45, 7) is 7.30. The van der Waals surface area contributed by atoms with Gasteiger partial charge in [-0.25, -0.2) is 4.68 Å². The van der Waals surface area contributed by atoms with Gasteiger partial charge in [-0.2, -0.15) is 15.1 Å². The first kappa shape index (κ1) is 19.9. The summed E-state index contributed by atoms with van der Waals surface area (Å²) < 4.78 is 1.88. The van der Waals surface area contributed by atoms with Gasteiger partial charge in [-0.05, 0) is 55.7 Å². The maximum Gasteiger partial charge on any atom is 0.229 e. The molecule has 0 saturated carbocycles. The lowest BCUT2D eigenvalue weighted by Gasteiger charge is -2.18. The Morgan fingerprint density at radius 2 is 1.73 bits per heavy atom. The average Bonchev–Trinajstić information content (AvgIpc) is 3.16. The first-order chi connectivity index (χ1) is 14.5. The number of unbranched alkanes of at least 4 members (excludes halogenated alkanes) is 1. The van der Waals surface area contributed by atoms with Crippen LogP contribution in [0.2, 0.25) is 0 Å². The first-order valence-corrected chi connectivity index (χ1v) is 10.4. The summed E-state index contributed by atoms with van der Waals surface area (Å²) in [6, 6.07) is 16.5. The van der Waals surface area contributed by atoms with E-state index in [2.05, 4.69) is 54.3 Å². The topological polar surface area (TPSA) is 58.9 Å². The highest BCUT2D eigenvalue weighted by molar-refractivity contribution is 5.90. The molecular formula is C24H28N6. The van der Waals surface area contributed by atoms with Gasteiger partial charge in [-0.15, -0.1) is 0 Å². The van der Waals surface area contributed by atoms with Gasteiger partial charge in [-0.3, -0.25) is 0 Å². The molecule has 0 fully saturated rings. The minimum atomic E-state index is 0.695. The zero-order valence-corrected chi connectivity index (χ0v) is 18.1. The van der Waals surface area contributed by atoms with Crippen LogP contribution in [0.25, 0.3) is 16.7 Å². The van der Waals surface area contributed by atoms with Crippen molar-refractivity contribution < 1.29 is 0 Å². The van der Waals surface area contributed by atoms with Crippen LogP contribution in [0.4, 0.5) is 17.5 Å². The van der Waals surface area contributed by atoms with Gasteiger partial charge in [-0.1, -0.05) is 37.6 Å². The number of hydrogen-bond donors (Lipinski definition) is 1. The minimum absolute atomic E-state index is 0.695. The number of benzene rings is 2. The van der Waals surface area contributed by atoms with Gasteiger partial charge in [0.1, 0.15) is 5.82 Å². The van der Waals surface area contributed by atoms with Crippen molar-refractivity contribution in [3.05, 3.63) is 65.9 Å². The third-order valence-corrected chi connectivity index (χ3v) is 5.09. The molecule has 0 spiro atoms. The molecule has 2 heterocycles. The molecule has 154 valence electrons. The summed E-state index contributed by atoms with van der Waals surface area (Å²) in [5.74, 6) is 1.46. The van der Waals surface area contributed by atoms with Crippen molar-refractivity contribution in [1.29, 1.82) is 0 Å². The van der Waals surface area contributed by atoms with E-state index in [9.17, 15) is 0 Å². The fourth-order valence-corrected chi connectivity index (χ4v) is 3.60. The van der Waals surface area contributed by atoms with Gasteiger partial charge in [0.2, 0.25) is 5.95 Å². The van der Waals surface area contributed by atoms with Crippen molar-refractivity contribution in [2.45, 2.75) is 33.6 Å². The van der Waals surface area contributed by atoms with E-state index in [0.717, 1.165) is 47.6 Å². The maximum atomic E-state index is 4.88. The van der Waals surface area contributed by atoms with E-state index in [0.29, 0.717) is 5.95 Å². The molecular weight excluding hydrogens is 372 g/mol. The molecule has 0 saturated heterocycles. The molecule has 0 amide bonds. The third-order valence-electron chi connectivity index (χ3n) is 5.09. The fourth-order valence-electron chi connectivity index (χ4n) is 3.60. The Labute approximate surface area is 177 Å². The number of nitrogens with one attached hydrogen (secondary N) is 1.